The number of benzene rings is 1. The van der Waals surface area contributed by atoms with Gasteiger partial charge in [-0.15, -0.1) is 0 Å². The molecule has 126 valence electrons. The number of aromatic nitrogens is 3. The van der Waals surface area contributed by atoms with Crippen LogP contribution in [0.4, 0.5) is 13.2 Å². The number of imidazole rings is 1. The lowest BCUT2D eigenvalue weighted by molar-refractivity contribution is -0.162. The topological polar surface area (TPSA) is 59.9 Å². The van der Waals surface area contributed by atoms with Crippen LogP contribution in [-0.2, 0) is 0 Å². The van der Waals surface area contributed by atoms with Gasteiger partial charge in [0.25, 0.3) is 5.56 Å². The van der Waals surface area contributed by atoms with Crippen LogP contribution in [0.3, 0.4) is 0 Å². The number of rotatable bonds is 3. The van der Waals surface area contributed by atoms with E-state index in [-0.39, 0.29) is 11.4 Å². The Morgan fingerprint density at radius 2 is 2.04 bits per heavy atom. The first-order valence-corrected chi connectivity index (χ1v) is 7.12. The molecule has 24 heavy (non-hydrogen) atoms. The average molecular weight is 337 g/mol. The second-order valence-electron chi connectivity index (χ2n) is 5.34. The van der Waals surface area contributed by atoms with E-state index in [9.17, 15) is 18.0 Å². The fraction of sp³-hybridized carbons (Fsp3) is 0.250. The number of H-pyrrole nitrogens is 1. The Hall–Kier alpha value is -2.77. The molecule has 1 unspecified atom stereocenters. The first-order valence-electron chi connectivity index (χ1n) is 7.12. The molecule has 0 radical (unpaired) electrons. The molecule has 0 aliphatic carbocycles. The quantitative estimate of drug-likeness (QED) is 0.795. The molecule has 1 aromatic carbocycles. The van der Waals surface area contributed by atoms with Crippen molar-refractivity contribution in [3.8, 4) is 17.1 Å². The maximum Gasteiger partial charge on any atom is 0.408 e. The summed E-state index contributed by atoms with van der Waals surface area (Å²) >= 11 is 0. The molecule has 0 aliphatic rings. The van der Waals surface area contributed by atoms with Crippen molar-refractivity contribution in [1.82, 2.24) is 14.5 Å². The Bertz CT molecular complexity index is 944. The predicted molar refractivity (Wildman–Crippen MR) is 83.1 cm³/mol. The second kappa shape index (κ2) is 5.70. The molecular weight excluding hydrogens is 323 g/mol. The van der Waals surface area contributed by atoms with Crippen LogP contribution in [0.15, 0.2) is 41.5 Å². The van der Waals surface area contributed by atoms with Crippen LogP contribution in [0.25, 0.3) is 22.3 Å². The summed E-state index contributed by atoms with van der Waals surface area (Å²) in [5, 5.41) is 0.666. The van der Waals surface area contributed by atoms with E-state index < -0.39 is 17.8 Å². The zero-order valence-corrected chi connectivity index (χ0v) is 12.9. The highest BCUT2D eigenvalue weighted by molar-refractivity contribution is 5.83. The highest BCUT2D eigenvalue weighted by Gasteiger charge is 2.38. The van der Waals surface area contributed by atoms with Gasteiger partial charge in [0.05, 0.1) is 18.2 Å². The predicted octanol–water partition coefficient (Wildman–Crippen LogP) is 3.52. The summed E-state index contributed by atoms with van der Waals surface area (Å²) in [7, 11) is 1.50. The Balaban J connectivity index is 2.16. The highest BCUT2D eigenvalue weighted by atomic mass is 19.4. The van der Waals surface area contributed by atoms with E-state index in [2.05, 4.69) is 9.97 Å². The fourth-order valence-corrected chi connectivity index (χ4v) is 2.47. The molecule has 0 fully saturated rings. The molecule has 0 bridgehead atoms. The van der Waals surface area contributed by atoms with E-state index in [0.717, 1.165) is 11.5 Å². The van der Waals surface area contributed by atoms with Gasteiger partial charge in [-0.2, -0.15) is 13.2 Å². The van der Waals surface area contributed by atoms with Gasteiger partial charge in [0.2, 0.25) is 0 Å². The summed E-state index contributed by atoms with van der Waals surface area (Å²) < 4.78 is 45.0. The largest absolute Gasteiger partial charge is 0.497 e. The van der Waals surface area contributed by atoms with E-state index in [0.29, 0.717) is 16.7 Å². The first-order chi connectivity index (χ1) is 11.3. The van der Waals surface area contributed by atoms with Gasteiger partial charge >= 0.3 is 6.18 Å². The molecule has 0 aliphatic heterocycles. The summed E-state index contributed by atoms with van der Waals surface area (Å²) in [6, 6.07) is 4.80. The maximum atomic E-state index is 13.0. The van der Waals surface area contributed by atoms with Gasteiger partial charge in [0, 0.05) is 18.5 Å². The minimum Gasteiger partial charge on any atom is -0.497 e. The third-order valence-corrected chi connectivity index (χ3v) is 3.85. The minimum atomic E-state index is -4.44. The van der Waals surface area contributed by atoms with Crippen LogP contribution < -0.4 is 10.3 Å². The zero-order valence-electron chi connectivity index (χ0n) is 12.9. The molecule has 0 amide bonds. The molecule has 2 heterocycles. The molecule has 0 saturated carbocycles. The molecular formula is C16H14F3N3O2. The lowest BCUT2D eigenvalue weighted by Crippen LogP contribution is -2.25. The number of ether oxygens (including phenoxy) is 1. The third kappa shape index (κ3) is 2.75. The van der Waals surface area contributed by atoms with Crippen LogP contribution in [0, 0.1) is 0 Å². The summed E-state index contributed by atoms with van der Waals surface area (Å²) in [5.74, 6) is 0.539. The van der Waals surface area contributed by atoms with Gasteiger partial charge < -0.3 is 14.3 Å². The number of aromatic amines is 1. The van der Waals surface area contributed by atoms with Gasteiger partial charge in [-0.05, 0) is 30.5 Å². The van der Waals surface area contributed by atoms with Gasteiger partial charge in [0.1, 0.15) is 17.6 Å². The zero-order chi connectivity index (χ0) is 17.5. The standard InChI is InChI=1S/C16H14F3N3O2/c1-9(16(17,18)19)22-6-5-20-14(22)12-7-10-3-4-11(24-2)8-13(10)21-15(12)23/h3-9H,1-2H3,(H,21,23). The second-order valence-corrected chi connectivity index (χ2v) is 5.34. The van der Waals surface area contributed by atoms with Crippen LogP contribution in [0.2, 0.25) is 0 Å². The van der Waals surface area contributed by atoms with E-state index in [1.807, 2.05) is 0 Å². The lowest BCUT2D eigenvalue weighted by atomic mass is 10.1. The number of nitrogens with one attached hydrogen (secondary N) is 1. The smallest absolute Gasteiger partial charge is 0.408 e. The number of pyridine rings is 1. The molecule has 1 atom stereocenters. The van der Waals surface area contributed by atoms with E-state index in [4.69, 9.17) is 4.74 Å². The molecule has 2 aromatic heterocycles. The van der Waals surface area contributed by atoms with Crippen molar-refractivity contribution in [2.75, 3.05) is 7.11 Å². The Morgan fingerprint density at radius 3 is 2.71 bits per heavy atom. The Morgan fingerprint density at radius 1 is 1.29 bits per heavy atom. The molecule has 3 aromatic rings. The van der Waals surface area contributed by atoms with Gasteiger partial charge in [-0.1, -0.05) is 0 Å². The van der Waals surface area contributed by atoms with Crippen molar-refractivity contribution < 1.29 is 17.9 Å². The maximum absolute atomic E-state index is 13.0. The minimum absolute atomic E-state index is 0.0289. The molecule has 0 spiro atoms. The summed E-state index contributed by atoms with van der Waals surface area (Å²) in [6.07, 6.45) is -1.98. The van der Waals surface area contributed by atoms with Crippen molar-refractivity contribution in [2.45, 2.75) is 19.1 Å². The number of nitrogens with zero attached hydrogens (tertiary/aromatic N) is 2. The highest BCUT2D eigenvalue weighted by Crippen LogP contribution is 2.33. The number of hydrogen-bond donors (Lipinski definition) is 1. The average Bonchev–Trinajstić information content (AvgIpc) is 3.01. The van der Waals surface area contributed by atoms with Crippen molar-refractivity contribution in [3.63, 3.8) is 0 Å². The normalized spacial score (nSPS) is 13.2. The van der Waals surface area contributed by atoms with Gasteiger partial charge in [-0.3, -0.25) is 4.79 Å². The van der Waals surface area contributed by atoms with Crippen molar-refractivity contribution in [2.24, 2.45) is 0 Å². The number of methoxy groups -OCH3 is 1. The van der Waals surface area contributed by atoms with Gasteiger partial charge in [-0.25, -0.2) is 4.98 Å². The molecule has 3 rings (SSSR count). The summed E-state index contributed by atoms with van der Waals surface area (Å²) in [5.41, 5.74) is 0.0939. The molecule has 5 nitrogen and oxygen atoms in total. The molecule has 8 heteroatoms. The molecule has 1 N–H and O–H groups in total. The van der Waals surface area contributed by atoms with Crippen LogP contribution >= 0.6 is 0 Å². The number of halogens is 3. The number of alkyl halides is 3. The first kappa shape index (κ1) is 16.1. The number of hydrogen-bond acceptors (Lipinski definition) is 3. The van der Waals surface area contributed by atoms with E-state index in [1.165, 1.54) is 25.6 Å². The van der Waals surface area contributed by atoms with Gasteiger partial charge in [0.15, 0.2) is 0 Å². The Kier molecular flexibility index (Phi) is 3.82. The summed E-state index contributed by atoms with van der Waals surface area (Å²) in [6.45, 7) is 1.02. The monoisotopic (exact) mass is 337 g/mol. The van der Waals surface area contributed by atoms with Crippen molar-refractivity contribution in [1.29, 1.82) is 0 Å². The van der Waals surface area contributed by atoms with Crippen LogP contribution in [-0.4, -0.2) is 27.8 Å². The Labute approximate surface area is 134 Å². The molecule has 0 saturated heterocycles. The SMILES string of the molecule is COc1ccc2cc(-c3nccn3C(C)C(F)(F)F)c(=O)[nH]c2c1. The van der Waals surface area contributed by atoms with Crippen LogP contribution in [0.1, 0.15) is 13.0 Å². The van der Waals surface area contributed by atoms with E-state index >= 15 is 0 Å². The van der Waals surface area contributed by atoms with Crippen molar-refractivity contribution in [3.05, 3.63) is 47.0 Å². The summed E-state index contributed by atoms with van der Waals surface area (Å²) in [4.78, 5) is 18.9. The lowest BCUT2D eigenvalue weighted by Gasteiger charge is -2.19. The fourth-order valence-electron chi connectivity index (χ4n) is 2.47. The number of fused-ring (bicyclic) bond motifs is 1. The van der Waals surface area contributed by atoms with Crippen LogP contribution in [0.5, 0.6) is 5.75 Å². The van der Waals surface area contributed by atoms with E-state index in [1.54, 1.807) is 18.2 Å². The van der Waals surface area contributed by atoms with Crippen molar-refractivity contribution >= 4 is 10.9 Å². The third-order valence-electron chi connectivity index (χ3n) is 3.85.